The molecule has 1 saturated carbocycles. The maximum Gasteiger partial charge on any atom is 0.0181 e. The number of hydrogen-bond acceptors (Lipinski definition) is 2. The van der Waals surface area contributed by atoms with Crippen LogP contribution in [0.5, 0.6) is 0 Å². The van der Waals surface area contributed by atoms with Crippen LogP contribution in [-0.2, 0) is 0 Å². The van der Waals surface area contributed by atoms with E-state index in [9.17, 15) is 0 Å². The largest absolute Gasteiger partial charge is 0.317 e. The molecule has 1 heterocycles. The SMILES string of the molecule is CNC1CCN(C2(C)CCC2)CC1. The molecule has 1 aliphatic heterocycles. The third kappa shape index (κ3) is 1.75. The number of hydrogen-bond donors (Lipinski definition) is 1. The normalized spacial score (nSPS) is 30.0. The van der Waals surface area contributed by atoms with Gasteiger partial charge in [0.25, 0.3) is 0 Å². The van der Waals surface area contributed by atoms with Crippen molar-refractivity contribution in [2.24, 2.45) is 0 Å². The Balaban J connectivity index is 1.84. The highest BCUT2D eigenvalue weighted by atomic mass is 15.2. The lowest BCUT2D eigenvalue weighted by Gasteiger charge is -2.50. The molecular weight excluding hydrogens is 160 g/mol. The Bertz CT molecular complexity index is 167. The summed E-state index contributed by atoms with van der Waals surface area (Å²) in [5, 5.41) is 3.39. The second kappa shape index (κ2) is 3.58. The average Bonchev–Trinajstić information content (AvgIpc) is 2.14. The summed E-state index contributed by atoms with van der Waals surface area (Å²) >= 11 is 0. The molecule has 76 valence electrons. The molecule has 0 amide bonds. The molecule has 13 heavy (non-hydrogen) atoms. The summed E-state index contributed by atoms with van der Waals surface area (Å²) in [7, 11) is 2.09. The molecule has 1 N–H and O–H groups in total. The summed E-state index contributed by atoms with van der Waals surface area (Å²) in [5.74, 6) is 0. The molecule has 2 fully saturated rings. The number of nitrogens with zero attached hydrogens (tertiary/aromatic N) is 1. The van der Waals surface area contributed by atoms with Gasteiger partial charge in [0.2, 0.25) is 0 Å². The maximum atomic E-state index is 3.39. The maximum absolute atomic E-state index is 3.39. The Labute approximate surface area is 81.7 Å². The van der Waals surface area contributed by atoms with Gasteiger partial charge in [-0.2, -0.15) is 0 Å². The summed E-state index contributed by atoms with van der Waals surface area (Å²) in [6, 6.07) is 0.778. The van der Waals surface area contributed by atoms with Gasteiger partial charge in [-0.05, 0) is 46.1 Å². The summed E-state index contributed by atoms with van der Waals surface area (Å²) in [4.78, 5) is 2.71. The molecule has 1 saturated heterocycles. The highest BCUT2D eigenvalue weighted by Crippen LogP contribution is 2.38. The van der Waals surface area contributed by atoms with Crippen LogP contribution in [0.4, 0.5) is 0 Å². The van der Waals surface area contributed by atoms with E-state index in [-0.39, 0.29) is 0 Å². The Hall–Kier alpha value is -0.0800. The fourth-order valence-corrected chi connectivity index (χ4v) is 2.71. The summed E-state index contributed by atoms with van der Waals surface area (Å²) in [6.45, 7) is 5.06. The minimum absolute atomic E-state index is 0.582. The van der Waals surface area contributed by atoms with E-state index in [0.717, 1.165) is 6.04 Å². The molecular formula is C11H22N2. The number of rotatable bonds is 2. The molecule has 0 aromatic carbocycles. The average molecular weight is 182 g/mol. The molecule has 2 nitrogen and oxygen atoms in total. The first-order chi connectivity index (χ1) is 6.24. The number of nitrogens with one attached hydrogen (secondary N) is 1. The van der Waals surface area contributed by atoms with E-state index in [2.05, 4.69) is 24.2 Å². The predicted octanol–water partition coefficient (Wildman–Crippen LogP) is 1.61. The molecule has 0 spiro atoms. The molecule has 1 aliphatic carbocycles. The molecule has 2 aliphatic rings. The van der Waals surface area contributed by atoms with Crippen molar-refractivity contribution >= 4 is 0 Å². The fourth-order valence-electron chi connectivity index (χ4n) is 2.71. The fraction of sp³-hybridized carbons (Fsp3) is 1.00. The first kappa shape index (κ1) is 9.47. The van der Waals surface area contributed by atoms with Crippen molar-refractivity contribution in [3.8, 4) is 0 Å². The van der Waals surface area contributed by atoms with Crippen molar-refractivity contribution in [3.05, 3.63) is 0 Å². The number of piperidine rings is 1. The van der Waals surface area contributed by atoms with Crippen LogP contribution < -0.4 is 5.32 Å². The van der Waals surface area contributed by atoms with Crippen LogP contribution in [-0.4, -0.2) is 36.6 Å². The topological polar surface area (TPSA) is 15.3 Å². The Kier molecular flexibility index (Phi) is 2.61. The zero-order valence-corrected chi connectivity index (χ0v) is 8.97. The molecule has 0 unspecified atom stereocenters. The Morgan fingerprint density at radius 3 is 2.23 bits per heavy atom. The Morgan fingerprint density at radius 2 is 1.85 bits per heavy atom. The van der Waals surface area contributed by atoms with Gasteiger partial charge in [0.05, 0.1) is 0 Å². The third-order valence-corrected chi connectivity index (χ3v) is 4.10. The van der Waals surface area contributed by atoms with Crippen LogP contribution >= 0.6 is 0 Å². The second-order valence-corrected chi connectivity index (χ2v) is 4.90. The molecule has 0 aromatic rings. The first-order valence-corrected chi connectivity index (χ1v) is 5.67. The number of likely N-dealkylation sites (tertiary alicyclic amines) is 1. The van der Waals surface area contributed by atoms with E-state index in [1.807, 2.05) is 0 Å². The highest BCUT2D eigenvalue weighted by Gasteiger charge is 2.38. The lowest BCUT2D eigenvalue weighted by atomic mass is 9.76. The van der Waals surface area contributed by atoms with Crippen LogP contribution in [0, 0.1) is 0 Å². The van der Waals surface area contributed by atoms with E-state index in [4.69, 9.17) is 0 Å². The van der Waals surface area contributed by atoms with Gasteiger partial charge in [-0.15, -0.1) is 0 Å². The minimum atomic E-state index is 0.582. The van der Waals surface area contributed by atoms with Crippen molar-refractivity contribution in [1.82, 2.24) is 10.2 Å². The Morgan fingerprint density at radius 1 is 1.23 bits per heavy atom. The van der Waals surface area contributed by atoms with Crippen LogP contribution in [0.2, 0.25) is 0 Å². The molecule has 2 rings (SSSR count). The summed E-state index contributed by atoms with van der Waals surface area (Å²) in [6.07, 6.45) is 6.98. The van der Waals surface area contributed by atoms with Gasteiger partial charge in [-0.1, -0.05) is 0 Å². The molecule has 0 atom stereocenters. The van der Waals surface area contributed by atoms with Gasteiger partial charge in [0, 0.05) is 24.7 Å². The monoisotopic (exact) mass is 182 g/mol. The zero-order chi connectivity index (χ0) is 9.31. The van der Waals surface area contributed by atoms with Gasteiger partial charge in [0.1, 0.15) is 0 Å². The molecule has 0 aromatic heterocycles. The second-order valence-electron chi connectivity index (χ2n) is 4.90. The lowest BCUT2D eigenvalue weighted by molar-refractivity contribution is 0.0114. The van der Waals surface area contributed by atoms with E-state index < -0.39 is 0 Å². The molecule has 0 radical (unpaired) electrons. The summed E-state index contributed by atoms with van der Waals surface area (Å²) in [5.41, 5.74) is 0.582. The zero-order valence-electron chi connectivity index (χ0n) is 8.97. The van der Waals surface area contributed by atoms with E-state index in [1.54, 1.807) is 0 Å². The molecule has 2 heteroatoms. The van der Waals surface area contributed by atoms with Crippen molar-refractivity contribution in [3.63, 3.8) is 0 Å². The van der Waals surface area contributed by atoms with E-state index in [0.29, 0.717) is 5.54 Å². The van der Waals surface area contributed by atoms with Crippen molar-refractivity contribution in [2.45, 2.75) is 50.6 Å². The van der Waals surface area contributed by atoms with Crippen LogP contribution in [0.1, 0.15) is 39.0 Å². The summed E-state index contributed by atoms with van der Waals surface area (Å²) < 4.78 is 0. The van der Waals surface area contributed by atoms with Gasteiger partial charge in [-0.3, -0.25) is 4.90 Å². The highest BCUT2D eigenvalue weighted by molar-refractivity contribution is 4.96. The van der Waals surface area contributed by atoms with Crippen molar-refractivity contribution in [2.75, 3.05) is 20.1 Å². The van der Waals surface area contributed by atoms with Gasteiger partial charge >= 0.3 is 0 Å². The third-order valence-electron chi connectivity index (χ3n) is 4.10. The molecule has 0 bridgehead atoms. The van der Waals surface area contributed by atoms with Gasteiger partial charge < -0.3 is 5.32 Å². The van der Waals surface area contributed by atoms with Crippen LogP contribution in [0.3, 0.4) is 0 Å². The van der Waals surface area contributed by atoms with E-state index >= 15 is 0 Å². The van der Waals surface area contributed by atoms with Crippen molar-refractivity contribution in [1.29, 1.82) is 0 Å². The van der Waals surface area contributed by atoms with E-state index in [1.165, 1.54) is 45.2 Å². The standard InChI is InChI=1S/C11H22N2/c1-11(6-3-7-11)13-8-4-10(12-2)5-9-13/h10,12H,3-9H2,1-2H3. The quantitative estimate of drug-likeness (QED) is 0.698. The van der Waals surface area contributed by atoms with Crippen LogP contribution in [0.15, 0.2) is 0 Å². The lowest BCUT2D eigenvalue weighted by Crippen LogP contribution is -2.55. The predicted molar refractivity (Wildman–Crippen MR) is 55.9 cm³/mol. The first-order valence-electron chi connectivity index (χ1n) is 5.67. The minimum Gasteiger partial charge on any atom is -0.317 e. The van der Waals surface area contributed by atoms with Crippen molar-refractivity contribution < 1.29 is 0 Å². The smallest absolute Gasteiger partial charge is 0.0181 e. The van der Waals surface area contributed by atoms with Gasteiger partial charge in [0.15, 0.2) is 0 Å². The van der Waals surface area contributed by atoms with Gasteiger partial charge in [-0.25, -0.2) is 0 Å². The van der Waals surface area contributed by atoms with Crippen LogP contribution in [0.25, 0.3) is 0 Å².